The highest BCUT2D eigenvalue weighted by molar-refractivity contribution is 6.33. The summed E-state index contributed by atoms with van der Waals surface area (Å²) < 4.78 is 0. The van der Waals surface area contributed by atoms with Gasteiger partial charge in [0.2, 0.25) is 0 Å². The standard InChI is InChI=1S/C11H15Cl2N3/c1-7(2)16(6-8-3-4-8)9-5-10(12)14-15-11(9)13/h5,7-8H,3-4,6H2,1-2H3. The van der Waals surface area contributed by atoms with E-state index < -0.39 is 0 Å². The quantitative estimate of drug-likeness (QED) is 0.830. The third-order valence-corrected chi connectivity index (χ3v) is 3.24. The second-order valence-corrected chi connectivity index (χ2v) is 5.28. The summed E-state index contributed by atoms with van der Waals surface area (Å²) in [6.45, 7) is 5.32. The number of hydrogen-bond donors (Lipinski definition) is 0. The van der Waals surface area contributed by atoms with Crippen molar-refractivity contribution in [3.8, 4) is 0 Å². The molecular weight excluding hydrogens is 245 g/mol. The molecule has 0 bridgehead atoms. The average molecular weight is 260 g/mol. The molecule has 3 nitrogen and oxygen atoms in total. The van der Waals surface area contributed by atoms with Crippen molar-refractivity contribution < 1.29 is 0 Å². The molecule has 0 unspecified atom stereocenters. The molecule has 0 N–H and O–H groups in total. The van der Waals surface area contributed by atoms with Crippen LogP contribution in [0, 0.1) is 5.92 Å². The summed E-state index contributed by atoms with van der Waals surface area (Å²) in [5.41, 5.74) is 0.892. The highest BCUT2D eigenvalue weighted by Gasteiger charge is 2.27. The van der Waals surface area contributed by atoms with Gasteiger partial charge in [-0.05, 0) is 32.6 Å². The van der Waals surface area contributed by atoms with Gasteiger partial charge < -0.3 is 4.90 Å². The minimum atomic E-state index is 0.387. The number of anilines is 1. The summed E-state index contributed by atoms with van der Waals surface area (Å²) >= 11 is 11.9. The fraction of sp³-hybridized carbons (Fsp3) is 0.636. The van der Waals surface area contributed by atoms with Crippen LogP contribution in [0.4, 0.5) is 5.69 Å². The van der Waals surface area contributed by atoms with E-state index in [1.54, 1.807) is 6.07 Å². The highest BCUT2D eigenvalue weighted by atomic mass is 35.5. The average Bonchev–Trinajstić information content (AvgIpc) is 3.02. The Kier molecular flexibility index (Phi) is 3.55. The lowest BCUT2D eigenvalue weighted by atomic mass is 10.2. The first kappa shape index (κ1) is 11.9. The van der Waals surface area contributed by atoms with Crippen LogP contribution in [0.1, 0.15) is 26.7 Å². The molecule has 0 aromatic carbocycles. The maximum absolute atomic E-state index is 6.06. The fourth-order valence-corrected chi connectivity index (χ4v) is 2.05. The van der Waals surface area contributed by atoms with Crippen molar-refractivity contribution in [3.63, 3.8) is 0 Å². The van der Waals surface area contributed by atoms with Gasteiger partial charge in [-0.25, -0.2) is 0 Å². The summed E-state index contributed by atoms with van der Waals surface area (Å²) in [5, 5.41) is 8.40. The van der Waals surface area contributed by atoms with Crippen LogP contribution in [-0.4, -0.2) is 22.8 Å². The van der Waals surface area contributed by atoms with E-state index in [2.05, 4.69) is 28.9 Å². The van der Waals surface area contributed by atoms with E-state index in [4.69, 9.17) is 23.2 Å². The van der Waals surface area contributed by atoms with Crippen molar-refractivity contribution in [2.24, 2.45) is 5.92 Å². The lowest BCUT2D eigenvalue weighted by molar-refractivity contribution is 0.642. The van der Waals surface area contributed by atoms with Crippen molar-refractivity contribution >= 4 is 28.9 Å². The first-order valence-corrected chi connectivity index (χ1v) is 6.29. The summed E-state index contributed by atoms with van der Waals surface area (Å²) in [6.07, 6.45) is 2.63. The van der Waals surface area contributed by atoms with Crippen molar-refractivity contribution in [2.45, 2.75) is 32.7 Å². The molecule has 1 fully saturated rings. The monoisotopic (exact) mass is 259 g/mol. The third kappa shape index (κ3) is 2.77. The topological polar surface area (TPSA) is 29.0 Å². The second kappa shape index (κ2) is 4.76. The molecule has 0 atom stereocenters. The van der Waals surface area contributed by atoms with Crippen molar-refractivity contribution in [1.82, 2.24) is 10.2 Å². The molecule has 1 aromatic heterocycles. The van der Waals surface area contributed by atoms with Gasteiger partial charge in [-0.2, -0.15) is 0 Å². The Morgan fingerprint density at radius 1 is 1.38 bits per heavy atom. The van der Waals surface area contributed by atoms with Crippen LogP contribution in [0.2, 0.25) is 10.3 Å². The van der Waals surface area contributed by atoms with Gasteiger partial charge in [0.05, 0.1) is 5.69 Å². The molecule has 1 aliphatic rings. The van der Waals surface area contributed by atoms with Gasteiger partial charge in [0, 0.05) is 18.7 Å². The Hall–Kier alpha value is -0.540. The number of hydrogen-bond acceptors (Lipinski definition) is 3. The van der Waals surface area contributed by atoms with Crippen molar-refractivity contribution in [2.75, 3.05) is 11.4 Å². The summed E-state index contributed by atoms with van der Waals surface area (Å²) in [5.74, 6) is 0.797. The Bertz CT molecular complexity index is 377. The Morgan fingerprint density at radius 3 is 2.62 bits per heavy atom. The predicted octanol–water partition coefficient (Wildman–Crippen LogP) is 3.41. The molecule has 0 aliphatic heterocycles. The van der Waals surface area contributed by atoms with Crippen molar-refractivity contribution in [3.05, 3.63) is 16.4 Å². The molecule has 1 saturated carbocycles. The van der Waals surface area contributed by atoms with Gasteiger partial charge >= 0.3 is 0 Å². The molecule has 16 heavy (non-hydrogen) atoms. The molecule has 0 spiro atoms. The van der Waals surface area contributed by atoms with Crippen LogP contribution < -0.4 is 4.90 Å². The Morgan fingerprint density at radius 2 is 2.06 bits per heavy atom. The summed E-state index contributed by atoms with van der Waals surface area (Å²) in [6, 6.07) is 2.18. The van der Waals surface area contributed by atoms with Crippen LogP contribution in [0.5, 0.6) is 0 Å². The SMILES string of the molecule is CC(C)N(CC1CC1)c1cc(Cl)nnc1Cl. The maximum Gasteiger partial charge on any atom is 0.175 e. The van der Waals surface area contributed by atoms with E-state index in [-0.39, 0.29) is 0 Å². The largest absolute Gasteiger partial charge is 0.366 e. The summed E-state index contributed by atoms with van der Waals surface area (Å²) in [7, 11) is 0. The smallest absolute Gasteiger partial charge is 0.175 e. The molecule has 2 rings (SSSR count). The van der Waals surface area contributed by atoms with Gasteiger partial charge in [-0.3, -0.25) is 0 Å². The van der Waals surface area contributed by atoms with E-state index in [9.17, 15) is 0 Å². The number of nitrogens with zero attached hydrogens (tertiary/aromatic N) is 3. The second-order valence-electron chi connectivity index (χ2n) is 4.53. The van der Waals surface area contributed by atoms with Gasteiger partial charge in [0.25, 0.3) is 0 Å². The molecule has 0 saturated heterocycles. The Balaban J connectivity index is 2.25. The molecule has 0 radical (unpaired) electrons. The first-order valence-electron chi connectivity index (χ1n) is 5.53. The molecule has 1 aliphatic carbocycles. The van der Waals surface area contributed by atoms with Crippen LogP contribution in [0.3, 0.4) is 0 Å². The van der Waals surface area contributed by atoms with E-state index in [0.717, 1.165) is 18.2 Å². The number of rotatable bonds is 4. The molecule has 1 aromatic rings. The van der Waals surface area contributed by atoms with Crippen LogP contribution >= 0.6 is 23.2 Å². The van der Waals surface area contributed by atoms with E-state index in [1.165, 1.54) is 12.8 Å². The zero-order valence-electron chi connectivity index (χ0n) is 9.45. The van der Waals surface area contributed by atoms with Crippen LogP contribution in [-0.2, 0) is 0 Å². The third-order valence-electron chi connectivity index (χ3n) is 2.79. The molecule has 88 valence electrons. The van der Waals surface area contributed by atoms with Crippen LogP contribution in [0.15, 0.2) is 6.07 Å². The Labute approximate surface area is 106 Å². The van der Waals surface area contributed by atoms with Crippen LogP contribution in [0.25, 0.3) is 0 Å². The highest BCUT2D eigenvalue weighted by Crippen LogP contribution is 2.34. The lowest BCUT2D eigenvalue weighted by Gasteiger charge is -2.29. The van der Waals surface area contributed by atoms with Gasteiger partial charge in [0.1, 0.15) is 0 Å². The summed E-state index contributed by atoms with van der Waals surface area (Å²) in [4.78, 5) is 2.25. The van der Waals surface area contributed by atoms with E-state index >= 15 is 0 Å². The molecular formula is C11H15Cl2N3. The predicted molar refractivity (Wildman–Crippen MR) is 67.3 cm³/mol. The van der Waals surface area contributed by atoms with Gasteiger partial charge in [0.15, 0.2) is 10.3 Å². The zero-order valence-corrected chi connectivity index (χ0v) is 11.0. The van der Waals surface area contributed by atoms with Gasteiger partial charge in [-0.15, -0.1) is 10.2 Å². The first-order chi connectivity index (χ1) is 7.58. The zero-order chi connectivity index (χ0) is 11.7. The van der Waals surface area contributed by atoms with E-state index in [0.29, 0.717) is 16.3 Å². The van der Waals surface area contributed by atoms with E-state index in [1.807, 2.05) is 0 Å². The van der Waals surface area contributed by atoms with Gasteiger partial charge in [-0.1, -0.05) is 23.2 Å². The fourth-order valence-electron chi connectivity index (χ4n) is 1.71. The molecule has 5 heteroatoms. The minimum Gasteiger partial charge on any atom is -0.366 e. The maximum atomic E-state index is 6.06. The number of halogens is 2. The lowest BCUT2D eigenvalue weighted by Crippen LogP contribution is -2.33. The number of aromatic nitrogens is 2. The molecule has 0 amide bonds. The normalized spacial score (nSPS) is 15.6. The minimum absolute atomic E-state index is 0.387. The van der Waals surface area contributed by atoms with Crippen molar-refractivity contribution in [1.29, 1.82) is 0 Å². The molecule has 1 heterocycles.